The lowest BCUT2D eigenvalue weighted by molar-refractivity contribution is 0.102. The summed E-state index contributed by atoms with van der Waals surface area (Å²) in [5, 5.41) is 2.87. The lowest BCUT2D eigenvalue weighted by Gasteiger charge is -2.14. The third-order valence-corrected chi connectivity index (χ3v) is 4.09. The first kappa shape index (κ1) is 19.1. The maximum absolute atomic E-state index is 12.8. The van der Waals surface area contributed by atoms with Gasteiger partial charge in [-0.15, -0.1) is 0 Å². The molecule has 2 rings (SSSR count). The van der Waals surface area contributed by atoms with Gasteiger partial charge in [-0.2, -0.15) is 0 Å². The molecule has 25 heavy (non-hydrogen) atoms. The summed E-state index contributed by atoms with van der Waals surface area (Å²) >= 11 is 3.40. The highest BCUT2D eigenvalue weighted by molar-refractivity contribution is 9.10. The quantitative estimate of drug-likeness (QED) is 0.632. The summed E-state index contributed by atoms with van der Waals surface area (Å²) < 4.78 is 17.1. The lowest BCUT2D eigenvalue weighted by Crippen LogP contribution is -2.15. The maximum Gasteiger partial charge on any atom is 0.259 e. The van der Waals surface area contributed by atoms with Crippen molar-refractivity contribution in [3.63, 3.8) is 0 Å². The molecule has 6 heteroatoms. The molecule has 0 unspecified atom stereocenters. The third kappa shape index (κ3) is 5.13. The number of nitrogens with one attached hydrogen (secondary N) is 1. The summed E-state index contributed by atoms with van der Waals surface area (Å²) in [6.45, 7) is 2.66. The van der Waals surface area contributed by atoms with Crippen LogP contribution in [-0.2, 0) is 0 Å². The second-order valence-electron chi connectivity index (χ2n) is 5.36. The van der Waals surface area contributed by atoms with Crippen molar-refractivity contribution in [3.05, 3.63) is 46.4 Å². The molecule has 2 aromatic rings. The molecule has 0 aliphatic carbocycles. The number of amides is 1. The molecule has 0 saturated carbocycles. The van der Waals surface area contributed by atoms with Gasteiger partial charge in [-0.3, -0.25) is 4.79 Å². The van der Waals surface area contributed by atoms with Crippen LogP contribution in [0.25, 0.3) is 0 Å². The van der Waals surface area contributed by atoms with Gasteiger partial charge in [-0.05, 0) is 36.8 Å². The number of rotatable bonds is 8. The number of ether oxygens (including phenoxy) is 3. The molecule has 1 N–H and O–H groups in total. The average molecular weight is 408 g/mol. The van der Waals surface area contributed by atoms with Gasteiger partial charge < -0.3 is 19.5 Å². The van der Waals surface area contributed by atoms with Crippen molar-refractivity contribution in [1.29, 1.82) is 0 Å². The van der Waals surface area contributed by atoms with Crippen molar-refractivity contribution in [3.8, 4) is 17.2 Å². The number of carbonyl (C=O) groups excluding carboxylic acids is 1. The predicted molar refractivity (Wildman–Crippen MR) is 102 cm³/mol. The Balaban J connectivity index is 2.27. The maximum atomic E-state index is 12.8. The lowest BCUT2D eigenvalue weighted by atomic mass is 10.1. The molecule has 0 aliphatic heterocycles. The van der Waals surface area contributed by atoms with Crippen molar-refractivity contribution < 1.29 is 19.0 Å². The van der Waals surface area contributed by atoms with Gasteiger partial charge in [0.1, 0.15) is 17.2 Å². The smallest absolute Gasteiger partial charge is 0.259 e. The molecular weight excluding hydrogens is 386 g/mol. The summed E-state index contributed by atoms with van der Waals surface area (Å²) in [5.41, 5.74) is 0.988. The Morgan fingerprint density at radius 1 is 1.08 bits per heavy atom. The number of hydrogen-bond acceptors (Lipinski definition) is 4. The van der Waals surface area contributed by atoms with E-state index < -0.39 is 0 Å². The number of carbonyl (C=O) groups is 1. The Morgan fingerprint density at radius 2 is 1.84 bits per heavy atom. The van der Waals surface area contributed by atoms with E-state index in [2.05, 4.69) is 28.2 Å². The molecule has 0 saturated heterocycles. The normalized spacial score (nSPS) is 10.2. The van der Waals surface area contributed by atoms with E-state index in [0.29, 0.717) is 35.1 Å². The largest absolute Gasteiger partial charge is 0.497 e. The van der Waals surface area contributed by atoms with E-state index in [1.54, 1.807) is 44.6 Å². The Morgan fingerprint density at radius 3 is 2.52 bits per heavy atom. The van der Waals surface area contributed by atoms with Crippen LogP contribution in [0.2, 0.25) is 0 Å². The van der Waals surface area contributed by atoms with Gasteiger partial charge in [-0.25, -0.2) is 0 Å². The summed E-state index contributed by atoms with van der Waals surface area (Å²) in [5.74, 6) is 1.46. The van der Waals surface area contributed by atoms with Crippen LogP contribution >= 0.6 is 15.9 Å². The van der Waals surface area contributed by atoms with Crippen LogP contribution in [0.5, 0.6) is 17.2 Å². The van der Waals surface area contributed by atoms with E-state index in [0.717, 1.165) is 17.3 Å². The SMILES string of the molecule is CCCCOc1ccc(Br)cc1C(=O)Nc1cc(OC)ccc1OC. The highest BCUT2D eigenvalue weighted by Crippen LogP contribution is 2.31. The number of halogens is 1. The highest BCUT2D eigenvalue weighted by atomic mass is 79.9. The molecule has 5 nitrogen and oxygen atoms in total. The molecule has 0 bridgehead atoms. The average Bonchev–Trinajstić information content (AvgIpc) is 2.62. The second kappa shape index (κ2) is 9.32. The zero-order valence-electron chi connectivity index (χ0n) is 14.6. The first-order valence-corrected chi connectivity index (χ1v) is 8.84. The Bertz CT molecular complexity index is 733. The molecule has 0 atom stereocenters. The summed E-state index contributed by atoms with van der Waals surface area (Å²) in [7, 11) is 3.12. The van der Waals surface area contributed by atoms with Gasteiger partial charge in [0.2, 0.25) is 0 Å². The van der Waals surface area contributed by atoms with Gasteiger partial charge in [0.25, 0.3) is 5.91 Å². The van der Waals surface area contributed by atoms with Gasteiger partial charge in [-0.1, -0.05) is 29.3 Å². The van der Waals surface area contributed by atoms with Gasteiger partial charge in [0.05, 0.1) is 32.1 Å². The van der Waals surface area contributed by atoms with Crippen molar-refractivity contribution in [1.82, 2.24) is 0 Å². The monoisotopic (exact) mass is 407 g/mol. The first-order chi connectivity index (χ1) is 12.1. The Labute approximate surface area is 156 Å². The highest BCUT2D eigenvalue weighted by Gasteiger charge is 2.16. The van der Waals surface area contributed by atoms with E-state index in [1.807, 2.05) is 6.07 Å². The molecule has 0 spiro atoms. The number of methoxy groups -OCH3 is 2. The molecule has 1 amide bonds. The fourth-order valence-corrected chi connectivity index (χ4v) is 2.59. The van der Waals surface area contributed by atoms with Crippen LogP contribution in [0.4, 0.5) is 5.69 Å². The topological polar surface area (TPSA) is 56.8 Å². The summed E-state index contributed by atoms with van der Waals surface area (Å²) in [6.07, 6.45) is 1.96. The molecule has 134 valence electrons. The van der Waals surface area contributed by atoms with Crippen LogP contribution in [0, 0.1) is 0 Å². The van der Waals surface area contributed by atoms with Crippen LogP contribution in [-0.4, -0.2) is 26.7 Å². The zero-order valence-corrected chi connectivity index (χ0v) is 16.2. The summed E-state index contributed by atoms with van der Waals surface area (Å²) in [4.78, 5) is 12.8. The number of anilines is 1. The summed E-state index contributed by atoms with van der Waals surface area (Å²) in [6, 6.07) is 10.6. The van der Waals surface area contributed by atoms with Gasteiger partial charge in [0, 0.05) is 10.5 Å². The van der Waals surface area contributed by atoms with Gasteiger partial charge in [0.15, 0.2) is 0 Å². The molecule has 2 aromatic carbocycles. The van der Waals surface area contributed by atoms with E-state index in [1.165, 1.54) is 0 Å². The van der Waals surface area contributed by atoms with E-state index >= 15 is 0 Å². The van der Waals surface area contributed by atoms with E-state index in [9.17, 15) is 4.79 Å². The van der Waals surface area contributed by atoms with Crippen LogP contribution in [0.1, 0.15) is 30.1 Å². The molecule has 0 radical (unpaired) electrons. The molecule has 0 aliphatic rings. The minimum atomic E-state index is -0.278. The fraction of sp³-hybridized carbons (Fsp3) is 0.316. The van der Waals surface area contributed by atoms with Crippen LogP contribution < -0.4 is 19.5 Å². The molecule has 0 aromatic heterocycles. The van der Waals surface area contributed by atoms with Crippen LogP contribution in [0.3, 0.4) is 0 Å². The predicted octanol–water partition coefficient (Wildman–Crippen LogP) is 4.90. The molecule has 0 heterocycles. The zero-order chi connectivity index (χ0) is 18.2. The van der Waals surface area contributed by atoms with E-state index in [-0.39, 0.29) is 5.91 Å². The number of unbranched alkanes of at least 4 members (excludes halogenated alkanes) is 1. The Hall–Kier alpha value is -2.21. The van der Waals surface area contributed by atoms with Gasteiger partial charge >= 0.3 is 0 Å². The van der Waals surface area contributed by atoms with Crippen molar-refractivity contribution in [2.75, 3.05) is 26.1 Å². The second-order valence-corrected chi connectivity index (χ2v) is 6.28. The van der Waals surface area contributed by atoms with Crippen molar-refractivity contribution in [2.45, 2.75) is 19.8 Å². The van der Waals surface area contributed by atoms with Crippen LogP contribution in [0.15, 0.2) is 40.9 Å². The number of hydrogen-bond donors (Lipinski definition) is 1. The third-order valence-electron chi connectivity index (χ3n) is 3.60. The standard InChI is InChI=1S/C19H22BrNO4/c1-4-5-10-25-17-8-6-13(20)11-15(17)19(22)21-16-12-14(23-2)7-9-18(16)24-3/h6-9,11-12H,4-5,10H2,1-3H3,(H,21,22). The van der Waals surface area contributed by atoms with Crippen molar-refractivity contribution in [2.24, 2.45) is 0 Å². The first-order valence-electron chi connectivity index (χ1n) is 8.04. The van der Waals surface area contributed by atoms with E-state index in [4.69, 9.17) is 14.2 Å². The minimum Gasteiger partial charge on any atom is -0.497 e. The fourth-order valence-electron chi connectivity index (χ4n) is 2.23. The minimum absolute atomic E-state index is 0.278. The Kier molecular flexibility index (Phi) is 7.13. The molecule has 0 fully saturated rings. The van der Waals surface area contributed by atoms with Crippen molar-refractivity contribution >= 4 is 27.5 Å². The number of benzene rings is 2. The molecular formula is C19H22BrNO4.